The van der Waals surface area contributed by atoms with Crippen molar-refractivity contribution in [2.45, 2.75) is 13.3 Å². The maximum absolute atomic E-state index is 5.64. The standard InChI is InChI=1S/C15H17N/c1-12-5-4-7-14(11-12)15-8-3-2-6-13(15)9-10-16/h2-8,11H,9-10,16H2,1H3. The molecular weight excluding hydrogens is 194 g/mol. The third-order valence-electron chi connectivity index (χ3n) is 2.76. The molecule has 0 unspecified atom stereocenters. The number of nitrogens with two attached hydrogens (primary N) is 1. The zero-order valence-electron chi connectivity index (χ0n) is 9.61. The minimum atomic E-state index is 0.697. The second-order valence-electron chi connectivity index (χ2n) is 4.07. The number of hydrogen-bond acceptors (Lipinski definition) is 1. The summed E-state index contributed by atoms with van der Waals surface area (Å²) in [4.78, 5) is 0. The van der Waals surface area contributed by atoms with Gasteiger partial charge in [-0.15, -0.1) is 0 Å². The summed E-state index contributed by atoms with van der Waals surface area (Å²) in [5.41, 5.74) is 10.8. The monoisotopic (exact) mass is 211 g/mol. The van der Waals surface area contributed by atoms with E-state index in [4.69, 9.17) is 5.73 Å². The second-order valence-corrected chi connectivity index (χ2v) is 4.07. The van der Waals surface area contributed by atoms with E-state index < -0.39 is 0 Å². The van der Waals surface area contributed by atoms with Crippen LogP contribution in [0.3, 0.4) is 0 Å². The molecule has 16 heavy (non-hydrogen) atoms. The Morgan fingerprint density at radius 3 is 2.56 bits per heavy atom. The van der Waals surface area contributed by atoms with Crippen LogP contribution >= 0.6 is 0 Å². The number of aryl methyl sites for hydroxylation is 1. The Morgan fingerprint density at radius 1 is 1.00 bits per heavy atom. The van der Waals surface area contributed by atoms with Gasteiger partial charge in [-0.2, -0.15) is 0 Å². The van der Waals surface area contributed by atoms with E-state index in [1.807, 2.05) is 0 Å². The van der Waals surface area contributed by atoms with E-state index >= 15 is 0 Å². The molecule has 0 fully saturated rings. The van der Waals surface area contributed by atoms with Crippen LogP contribution in [-0.4, -0.2) is 6.54 Å². The van der Waals surface area contributed by atoms with Crippen molar-refractivity contribution < 1.29 is 0 Å². The van der Waals surface area contributed by atoms with Crippen LogP contribution in [0.1, 0.15) is 11.1 Å². The van der Waals surface area contributed by atoms with Crippen molar-refractivity contribution in [3.05, 3.63) is 59.7 Å². The summed E-state index contributed by atoms with van der Waals surface area (Å²) < 4.78 is 0. The largest absolute Gasteiger partial charge is 0.330 e. The summed E-state index contributed by atoms with van der Waals surface area (Å²) in [6.45, 7) is 2.82. The Bertz CT molecular complexity index is 474. The molecule has 0 atom stereocenters. The molecule has 0 saturated heterocycles. The molecule has 0 radical (unpaired) electrons. The van der Waals surface area contributed by atoms with Crippen LogP contribution in [0.2, 0.25) is 0 Å². The first-order valence-corrected chi connectivity index (χ1v) is 5.66. The van der Waals surface area contributed by atoms with Crippen molar-refractivity contribution in [2.75, 3.05) is 6.54 Å². The molecule has 82 valence electrons. The maximum atomic E-state index is 5.64. The van der Waals surface area contributed by atoms with Crippen molar-refractivity contribution in [1.29, 1.82) is 0 Å². The third kappa shape index (κ3) is 2.31. The predicted octanol–water partition coefficient (Wildman–Crippen LogP) is 3.16. The summed E-state index contributed by atoms with van der Waals surface area (Å²) in [7, 11) is 0. The molecule has 2 N–H and O–H groups in total. The van der Waals surface area contributed by atoms with Crippen molar-refractivity contribution in [2.24, 2.45) is 5.73 Å². The van der Waals surface area contributed by atoms with Gasteiger partial charge in [0.25, 0.3) is 0 Å². The Labute approximate surface area is 96.9 Å². The lowest BCUT2D eigenvalue weighted by Gasteiger charge is -2.09. The number of rotatable bonds is 3. The number of hydrogen-bond donors (Lipinski definition) is 1. The van der Waals surface area contributed by atoms with Crippen LogP contribution in [0, 0.1) is 6.92 Å². The topological polar surface area (TPSA) is 26.0 Å². The maximum Gasteiger partial charge on any atom is -0.00365 e. The highest BCUT2D eigenvalue weighted by molar-refractivity contribution is 5.67. The van der Waals surface area contributed by atoms with E-state index in [2.05, 4.69) is 55.5 Å². The van der Waals surface area contributed by atoms with E-state index in [1.54, 1.807) is 0 Å². The molecule has 0 saturated carbocycles. The molecule has 0 aliphatic heterocycles. The first kappa shape index (κ1) is 10.9. The van der Waals surface area contributed by atoms with Crippen LogP contribution in [0.15, 0.2) is 48.5 Å². The minimum absolute atomic E-state index is 0.697. The lowest BCUT2D eigenvalue weighted by atomic mass is 9.97. The normalized spacial score (nSPS) is 10.4. The zero-order valence-corrected chi connectivity index (χ0v) is 9.61. The fourth-order valence-electron chi connectivity index (χ4n) is 1.99. The Morgan fingerprint density at radius 2 is 1.81 bits per heavy atom. The summed E-state index contributed by atoms with van der Waals surface area (Å²) in [6.07, 6.45) is 0.935. The van der Waals surface area contributed by atoms with Crippen molar-refractivity contribution in [3.8, 4) is 11.1 Å². The van der Waals surface area contributed by atoms with E-state index in [1.165, 1.54) is 22.3 Å². The van der Waals surface area contributed by atoms with E-state index in [-0.39, 0.29) is 0 Å². The average molecular weight is 211 g/mol. The van der Waals surface area contributed by atoms with Crippen LogP contribution in [0.4, 0.5) is 0 Å². The lowest BCUT2D eigenvalue weighted by molar-refractivity contribution is 0.970. The van der Waals surface area contributed by atoms with Crippen molar-refractivity contribution in [1.82, 2.24) is 0 Å². The molecule has 0 amide bonds. The quantitative estimate of drug-likeness (QED) is 0.829. The third-order valence-corrected chi connectivity index (χ3v) is 2.76. The van der Waals surface area contributed by atoms with Crippen LogP contribution in [0.25, 0.3) is 11.1 Å². The van der Waals surface area contributed by atoms with Gasteiger partial charge in [0.05, 0.1) is 0 Å². The summed E-state index contributed by atoms with van der Waals surface area (Å²) in [6, 6.07) is 17.1. The average Bonchev–Trinajstić information content (AvgIpc) is 2.30. The summed E-state index contributed by atoms with van der Waals surface area (Å²) >= 11 is 0. The van der Waals surface area contributed by atoms with Crippen molar-refractivity contribution in [3.63, 3.8) is 0 Å². The minimum Gasteiger partial charge on any atom is -0.330 e. The van der Waals surface area contributed by atoms with Gasteiger partial charge < -0.3 is 5.73 Å². The first-order chi connectivity index (χ1) is 7.81. The van der Waals surface area contributed by atoms with Crippen LogP contribution in [-0.2, 0) is 6.42 Å². The van der Waals surface area contributed by atoms with Gasteiger partial charge in [0, 0.05) is 0 Å². The van der Waals surface area contributed by atoms with E-state index in [0.717, 1.165) is 6.42 Å². The van der Waals surface area contributed by atoms with Crippen LogP contribution in [0.5, 0.6) is 0 Å². The van der Waals surface area contributed by atoms with Gasteiger partial charge in [0.2, 0.25) is 0 Å². The molecule has 0 aromatic heterocycles. The molecule has 2 aromatic carbocycles. The van der Waals surface area contributed by atoms with E-state index in [9.17, 15) is 0 Å². The lowest BCUT2D eigenvalue weighted by Crippen LogP contribution is -2.03. The van der Waals surface area contributed by atoms with E-state index in [0.29, 0.717) is 6.54 Å². The Balaban J connectivity index is 2.46. The smallest absolute Gasteiger partial charge is 0.00365 e. The molecule has 2 aromatic rings. The SMILES string of the molecule is Cc1cccc(-c2ccccc2CCN)c1. The molecule has 0 heterocycles. The second kappa shape index (κ2) is 4.95. The summed E-state index contributed by atoms with van der Waals surface area (Å²) in [5, 5.41) is 0. The highest BCUT2D eigenvalue weighted by Gasteiger charge is 2.03. The molecular formula is C15H17N. The molecule has 1 nitrogen and oxygen atoms in total. The molecule has 2 rings (SSSR count). The van der Waals surface area contributed by atoms with Gasteiger partial charge in [0.15, 0.2) is 0 Å². The number of benzene rings is 2. The molecule has 0 aliphatic carbocycles. The highest BCUT2D eigenvalue weighted by Crippen LogP contribution is 2.24. The van der Waals surface area contributed by atoms with Gasteiger partial charge >= 0.3 is 0 Å². The van der Waals surface area contributed by atoms with Gasteiger partial charge in [-0.25, -0.2) is 0 Å². The molecule has 0 spiro atoms. The predicted molar refractivity (Wildman–Crippen MR) is 69.4 cm³/mol. The van der Waals surface area contributed by atoms with Crippen LogP contribution < -0.4 is 5.73 Å². The Kier molecular flexibility index (Phi) is 3.37. The Hall–Kier alpha value is -1.60. The van der Waals surface area contributed by atoms with Gasteiger partial charge in [-0.05, 0) is 36.6 Å². The highest BCUT2D eigenvalue weighted by atomic mass is 14.5. The van der Waals surface area contributed by atoms with Crippen molar-refractivity contribution >= 4 is 0 Å². The summed E-state index contributed by atoms with van der Waals surface area (Å²) in [5.74, 6) is 0. The fraction of sp³-hybridized carbons (Fsp3) is 0.200. The fourth-order valence-corrected chi connectivity index (χ4v) is 1.99. The molecule has 0 aliphatic rings. The van der Waals surface area contributed by atoms with Gasteiger partial charge in [-0.1, -0.05) is 54.1 Å². The molecule has 0 bridgehead atoms. The first-order valence-electron chi connectivity index (χ1n) is 5.66. The molecule has 1 heteroatoms. The van der Waals surface area contributed by atoms with Gasteiger partial charge in [-0.3, -0.25) is 0 Å². The zero-order chi connectivity index (χ0) is 11.4. The van der Waals surface area contributed by atoms with Gasteiger partial charge in [0.1, 0.15) is 0 Å².